The van der Waals surface area contributed by atoms with Crippen molar-refractivity contribution >= 4 is 17.9 Å². The fourth-order valence-electron chi connectivity index (χ4n) is 1.97. The molecule has 0 spiro atoms. The number of rotatable bonds is 6. The van der Waals surface area contributed by atoms with Gasteiger partial charge in [-0.3, -0.25) is 4.40 Å². The van der Waals surface area contributed by atoms with E-state index in [1.54, 1.807) is 0 Å². The largest absolute Gasteiger partial charge is 0.466 e. The van der Waals surface area contributed by atoms with Gasteiger partial charge in [-0.05, 0) is 43.0 Å². The molecule has 0 unspecified atom stereocenters. The third-order valence-corrected chi connectivity index (χ3v) is 3.14. The van der Waals surface area contributed by atoms with Crippen LogP contribution in [0.3, 0.4) is 0 Å². The van der Waals surface area contributed by atoms with Crippen LogP contribution >= 0.6 is 0 Å². The van der Waals surface area contributed by atoms with E-state index in [1.165, 1.54) is 25.3 Å². The zero-order chi connectivity index (χ0) is 19.5. The van der Waals surface area contributed by atoms with Gasteiger partial charge in [0.15, 0.2) is 18.1 Å². The first-order chi connectivity index (χ1) is 12.1. The molecule has 0 aromatic carbocycles. The van der Waals surface area contributed by atoms with Crippen LogP contribution in [0.1, 0.15) is 24.7 Å². The molecule has 2 aromatic rings. The lowest BCUT2D eigenvalue weighted by atomic mass is 10.1. The summed E-state index contributed by atoms with van der Waals surface area (Å²) in [5.41, 5.74) is 0.693. The van der Waals surface area contributed by atoms with Gasteiger partial charge in [0.05, 0.1) is 0 Å². The number of hydrogen-bond donors (Lipinski definition) is 0. The molecule has 0 aliphatic carbocycles. The zero-order valence-corrected chi connectivity index (χ0v) is 13.3. The average molecular weight is 378 g/mol. The SMILES string of the molecule is C=N/C(OCC(F)(F)F)=C(F)\C=C(/C)c1ccc2nnc(C(F)F)n2c1. The third-order valence-electron chi connectivity index (χ3n) is 3.14. The van der Waals surface area contributed by atoms with Gasteiger partial charge >= 0.3 is 6.18 Å². The molecule has 0 amide bonds. The standard InChI is InChI=1S/C15H12F6N4O/c1-8(5-10(16)14(22-2)26-7-15(19,20)21)9-3-4-11-23-24-13(12(17)18)25(11)6-9/h3-6,12H,2,7H2,1H3/b8-5+,14-10-. The normalized spacial score (nSPS) is 13.9. The number of fused-ring (bicyclic) bond motifs is 1. The zero-order valence-electron chi connectivity index (χ0n) is 13.3. The van der Waals surface area contributed by atoms with Crippen molar-refractivity contribution in [1.29, 1.82) is 0 Å². The maximum absolute atomic E-state index is 14.1. The van der Waals surface area contributed by atoms with Gasteiger partial charge < -0.3 is 4.74 Å². The Labute approximate surface area is 143 Å². The van der Waals surface area contributed by atoms with Gasteiger partial charge in [0, 0.05) is 6.20 Å². The molecule has 0 aliphatic rings. The third kappa shape index (κ3) is 4.61. The van der Waals surface area contributed by atoms with Crippen LogP contribution in [-0.4, -0.2) is 34.1 Å². The van der Waals surface area contributed by atoms with Crippen molar-refractivity contribution in [2.24, 2.45) is 4.99 Å². The number of aromatic nitrogens is 3. The maximum Gasteiger partial charge on any atom is 0.422 e. The lowest BCUT2D eigenvalue weighted by Gasteiger charge is -2.09. The summed E-state index contributed by atoms with van der Waals surface area (Å²) in [4.78, 5) is 3.08. The lowest BCUT2D eigenvalue weighted by molar-refractivity contribution is -0.165. The molecule has 0 atom stereocenters. The number of halogens is 6. The first-order valence-corrected chi connectivity index (χ1v) is 7.00. The molecule has 140 valence electrons. The lowest BCUT2D eigenvalue weighted by Crippen LogP contribution is -2.16. The Bertz CT molecular complexity index is 869. The second-order valence-electron chi connectivity index (χ2n) is 5.05. The number of aliphatic imine (C=N–C) groups is 1. The molecule has 2 aromatic heterocycles. The van der Waals surface area contributed by atoms with Crippen molar-refractivity contribution in [1.82, 2.24) is 14.6 Å². The first kappa shape index (κ1) is 19.5. The van der Waals surface area contributed by atoms with Crippen molar-refractivity contribution in [3.8, 4) is 0 Å². The number of alkyl halides is 5. The van der Waals surface area contributed by atoms with E-state index in [2.05, 4.69) is 26.6 Å². The minimum Gasteiger partial charge on any atom is -0.466 e. The van der Waals surface area contributed by atoms with E-state index in [0.29, 0.717) is 5.56 Å². The molecule has 0 saturated heterocycles. The van der Waals surface area contributed by atoms with E-state index in [0.717, 1.165) is 10.5 Å². The Morgan fingerprint density at radius 2 is 2.04 bits per heavy atom. The second kappa shape index (κ2) is 7.58. The molecule has 2 heterocycles. The Morgan fingerprint density at radius 1 is 1.35 bits per heavy atom. The molecule has 0 saturated carbocycles. The minimum absolute atomic E-state index is 0.162. The molecule has 0 fully saturated rings. The highest BCUT2D eigenvalue weighted by Crippen LogP contribution is 2.24. The monoisotopic (exact) mass is 378 g/mol. The Hall–Kier alpha value is -2.85. The van der Waals surface area contributed by atoms with E-state index >= 15 is 0 Å². The second-order valence-corrected chi connectivity index (χ2v) is 5.05. The van der Waals surface area contributed by atoms with Crippen LogP contribution in [0.5, 0.6) is 0 Å². The Balaban J connectivity index is 2.35. The smallest absolute Gasteiger partial charge is 0.422 e. The van der Waals surface area contributed by atoms with E-state index < -0.39 is 36.7 Å². The summed E-state index contributed by atoms with van der Waals surface area (Å²) in [6, 6.07) is 2.86. The van der Waals surface area contributed by atoms with Crippen LogP contribution in [0.15, 0.2) is 41.1 Å². The summed E-state index contributed by atoms with van der Waals surface area (Å²) in [6.07, 6.45) is -5.42. The molecule has 0 bridgehead atoms. The van der Waals surface area contributed by atoms with Crippen molar-refractivity contribution in [3.63, 3.8) is 0 Å². The summed E-state index contributed by atoms with van der Waals surface area (Å²) in [5, 5.41) is 6.93. The fourth-order valence-corrected chi connectivity index (χ4v) is 1.97. The van der Waals surface area contributed by atoms with Gasteiger partial charge in [-0.1, -0.05) is 0 Å². The van der Waals surface area contributed by atoms with Crippen LogP contribution in [0.2, 0.25) is 0 Å². The number of nitrogens with zero attached hydrogens (tertiary/aromatic N) is 4. The van der Waals surface area contributed by atoms with Gasteiger partial charge in [0.2, 0.25) is 11.7 Å². The van der Waals surface area contributed by atoms with E-state index in [1.807, 2.05) is 0 Å². The molecular weight excluding hydrogens is 366 g/mol. The van der Waals surface area contributed by atoms with Gasteiger partial charge in [-0.15, -0.1) is 10.2 Å². The first-order valence-electron chi connectivity index (χ1n) is 7.00. The van der Waals surface area contributed by atoms with E-state index in [9.17, 15) is 26.3 Å². The number of allylic oxidation sites excluding steroid dienone is 3. The molecule has 26 heavy (non-hydrogen) atoms. The highest BCUT2D eigenvalue weighted by Gasteiger charge is 2.29. The summed E-state index contributed by atoms with van der Waals surface area (Å²) >= 11 is 0. The quantitative estimate of drug-likeness (QED) is 0.322. The highest BCUT2D eigenvalue weighted by molar-refractivity contribution is 5.66. The molecule has 0 aliphatic heterocycles. The van der Waals surface area contributed by atoms with Gasteiger partial charge in [-0.2, -0.15) is 13.2 Å². The van der Waals surface area contributed by atoms with Crippen LogP contribution in [-0.2, 0) is 4.74 Å². The summed E-state index contributed by atoms with van der Waals surface area (Å²) in [6.45, 7) is 2.65. The van der Waals surface area contributed by atoms with Crippen LogP contribution in [0.25, 0.3) is 11.2 Å². The molecular formula is C15H12F6N4O. The maximum atomic E-state index is 14.1. The highest BCUT2D eigenvalue weighted by atomic mass is 19.4. The van der Waals surface area contributed by atoms with Gasteiger partial charge in [0.25, 0.3) is 6.43 Å². The predicted octanol–water partition coefficient (Wildman–Crippen LogP) is 4.49. The number of pyridine rings is 1. The van der Waals surface area contributed by atoms with Crippen LogP contribution in [0.4, 0.5) is 26.3 Å². The van der Waals surface area contributed by atoms with E-state index in [-0.39, 0.29) is 11.2 Å². The summed E-state index contributed by atoms with van der Waals surface area (Å²) in [7, 11) is 0. The van der Waals surface area contributed by atoms with Crippen molar-refractivity contribution < 1.29 is 31.1 Å². The molecule has 11 heteroatoms. The molecule has 0 radical (unpaired) electrons. The van der Waals surface area contributed by atoms with Gasteiger partial charge in [-0.25, -0.2) is 18.2 Å². The average Bonchev–Trinajstić information content (AvgIpc) is 2.97. The topological polar surface area (TPSA) is 51.8 Å². The Kier molecular flexibility index (Phi) is 5.68. The molecule has 2 rings (SSSR count). The van der Waals surface area contributed by atoms with E-state index in [4.69, 9.17) is 0 Å². The predicted molar refractivity (Wildman–Crippen MR) is 81.3 cm³/mol. The fraction of sp³-hybridized carbons (Fsp3) is 0.267. The minimum atomic E-state index is -4.67. The van der Waals surface area contributed by atoms with Crippen molar-refractivity contribution in [2.45, 2.75) is 19.5 Å². The van der Waals surface area contributed by atoms with Crippen molar-refractivity contribution in [2.75, 3.05) is 6.61 Å². The number of hydrogen-bond acceptors (Lipinski definition) is 4. The summed E-state index contributed by atoms with van der Waals surface area (Å²) < 4.78 is 81.5. The molecule has 5 nitrogen and oxygen atoms in total. The number of ether oxygens (including phenoxy) is 1. The Morgan fingerprint density at radius 3 is 2.62 bits per heavy atom. The molecule has 0 N–H and O–H groups in total. The van der Waals surface area contributed by atoms with Gasteiger partial charge in [0.1, 0.15) is 0 Å². The summed E-state index contributed by atoms with van der Waals surface area (Å²) in [5.74, 6) is -2.72. The van der Waals surface area contributed by atoms with Crippen molar-refractivity contribution in [3.05, 3.63) is 47.5 Å². The van der Waals surface area contributed by atoms with Crippen LogP contribution < -0.4 is 0 Å². The van der Waals surface area contributed by atoms with Crippen LogP contribution in [0, 0.1) is 0 Å².